The van der Waals surface area contributed by atoms with Gasteiger partial charge in [-0.3, -0.25) is 24.7 Å². The Labute approximate surface area is 357 Å². The third-order valence-electron chi connectivity index (χ3n) is 9.64. The summed E-state index contributed by atoms with van der Waals surface area (Å²) in [5.74, 6) is 0.124. The first-order valence-electron chi connectivity index (χ1n) is 20.1. The van der Waals surface area contributed by atoms with Crippen molar-refractivity contribution >= 4 is 37.5 Å². The second-order valence-electron chi connectivity index (χ2n) is 15.0. The van der Waals surface area contributed by atoms with Crippen molar-refractivity contribution in [3.05, 3.63) is 112 Å². The number of imidazole rings is 1. The molecule has 5 aromatic rings. The third-order valence-corrected chi connectivity index (χ3v) is 11.7. The number of ether oxygens (including phenoxy) is 3. The van der Waals surface area contributed by atoms with Crippen molar-refractivity contribution in [2.45, 2.75) is 78.2 Å². The molecule has 2 amide bonds. The third kappa shape index (κ3) is 11.6. The second kappa shape index (κ2) is 21.7. The number of rotatable bonds is 22. The summed E-state index contributed by atoms with van der Waals surface area (Å²) in [4.78, 5) is 50.6. The Morgan fingerprint density at radius 2 is 1.46 bits per heavy atom. The summed E-state index contributed by atoms with van der Waals surface area (Å²) in [6, 6.07) is 26.5. The van der Waals surface area contributed by atoms with Gasteiger partial charge in [0.2, 0.25) is 17.8 Å². The average molecular weight is 855 g/mol. The van der Waals surface area contributed by atoms with Gasteiger partial charge in [0.1, 0.15) is 23.6 Å². The Balaban J connectivity index is 1.55. The quantitative estimate of drug-likeness (QED) is 0.0388. The van der Waals surface area contributed by atoms with Gasteiger partial charge < -0.3 is 33.1 Å². The lowest BCUT2D eigenvalue weighted by Gasteiger charge is -2.38. The average Bonchev–Trinajstić information content (AvgIpc) is 3.65. The Kier molecular flexibility index (Phi) is 16.5. The SMILES string of the molecule is COc1ccc(C(OC[C@@H](COP(OCCC#N)N(C(C)C)C(C)C)NC(=O)Cn2cnc3c(=O)[nH]c(NC(=O)C(C)C)nc32)(c2ccccc2)c2ccc(OC)cc2)cc1. The zero-order valence-corrected chi connectivity index (χ0v) is 36.8. The number of amides is 2. The molecule has 16 nitrogen and oxygen atoms in total. The molecular formula is C44H55N8O8P. The number of nitrogens with zero attached hydrogens (tertiary/aromatic N) is 5. The molecule has 5 rings (SSSR count). The van der Waals surface area contributed by atoms with E-state index in [4.69, 9.17) is 23.3 Å². The van der Waals surface area contributed by atoms with Crippen LogP contribution in [-0.2, 0) is 35.5 Å². The zero-order chi connectivity index (χ0) is 44.1. The normalized spacial score (nSPS) is 12.8. The maximum atomic E-state index is 14.1. The molecular weight excluding hydrogens is 800 g/mol. The predicted molar refractivity (Wildman–Crippen MR) is 233 cm³/mol. The van der Waals surface area contributed by atoms with Gasteiger partial charge in [0.15, 0.2) is 11.2 Å². The van der Waals surface area contributed by atoms with Gasteiger partial charge in [-0.2, -0.15) is 10.2 Å². The van der Waals surface area contributed by atoms with Gasteiger partial charge in [0, 0.05) is 18.0 Å². The van der Waals surface area contributed by atoms with Crippen molar-refractivity contribution in [1.82, 2.24) is 29.5 Å². The first-order chi connectivity index (χ1) is 29.3. The maximum Gasteiger partial charge on any atom is 0.280 e. The summed E-state index contributed by atoms with van der Waals surface area (Å²) in [6.45, 7) is 11.4. The predicted octanol–water partition coefficient (Wildman–Crippen LogP) is 6.52. The van der Waals surface area contributed by atoms with Crippen molar-refractivity contribution in [2.75, 3.05) is 39.4 Å². The standard InChI is InChI=1S/C44H55N8O8P/c1-29(2)41(54)49-43-48-40-39(42(55)50-43)46-28-51(40)25-38(53)47-35(27-60-61(59-24-12-23-45)52(30(3)4)31(5)6)26-58-44(32-13-10-9-11-14-32,33-15-19-36(56-7)20-16-33)34-17-21-37(57-8)22-18-34/h9-11,13-22,28-31,35H,12,24-27H2,1-8H3,(H,47,53)(H2,48,49,50,54,55)/t35-,61?/m0/s1. The number of hydrogen-bond donors (Lipinski definition) is 3. The fourth-order valence-corrected chi connectivity index (χ4v) is 8.37. The van der Waals surface area contributed by atoms with Crippen LogP contribution < -0.4 is 25.7 Å². The van der Waals surface area contributed by atoms with E-state index < -0.39 is 31.6 Å². The number of carbonyl (C=O) groups excluding carboxylic acids is 2. The number of aromatic nitrogens is 4. The van der Waals surface area contributed by atoms with E-state index in [0.717, 1.165) is 16.7 Å². The number of hydrogen-bond acceptors (Lipinski definition) is 12. The van der Waals surface area contributed by atoms with Gasteiger partial charge in [-0.25, -0.2) is 9.65 Å². The molecule has 1 unspecified atom stereocenters. The molecule has 324 valence electrons. The molecule has 2 heterocycles. The lowest BCUT2D eigenvalue weighted by Crippen LogP contribution is -2.46. The van der Waals surface area contributed by atoms with Crippen LogP contribution in [0.5, 0.6) is 11.5 Å². The molecule has 0 saturated carbocycles. The van der Waals surface area contributed by atoms with Crippen LogP contribution >= 0.6 is 8.53 Å². The van der Waals surface area contributed by atoms with Gasteiger partial charge >= 0.3 is 0 Å². The molecule has 0 radical (unpaired) electrons. The molecule has 2 aromatic heterocycles. The number of aromatic amines is 1. The number of fused-ring (bicyclic) bond motifs is 1. The number of methoxy groups -OCH3 is 2. The van der Waals surface area contributed by atoms with E-state index in [9.17, 15) is 19.6 Å². The number of nitriles is 1. The number of anilines is 1. The minimum Gasteiger partial charge on any atom is -0.497 e. The Morgan fingerprint density at radius 3 is 2.00 bits per heavy atom. The molecule has 0 aliphatic carbocycles. The highest BCUT2D eigenvalue weighted by Crippen LogP contribution is 2.46. The summed E-state index contributed by atoms with van der Waals surface area (Å²) in [5, 5.41) is 15.0. The molecule has 61 heavy (non-hydrogen) atoms. The summed E-state index contributed by atoms with van der Waals surface area (Å²) in [6.07, 6.45) is 1.53. The van der Waals surface area contributed by atoms with Crippen LogP contribution in [0, 0.1) is 17.2 Å². The van der Waals surface area contributed by atoms with Crippen LogP contribution in [0.1, 0.15) is 64.7 Å². The van der Waals surface area contributed by atoms with Gasteiger partial charge in [0.05, 0.1) is 58.9 Å². The number of benzene rings is 3. The first kappa shape index (κ1) is 46.4. The lowest BCUT2D eigenvalue weighted by atomic mass is 9.80. The summed E-state index contributed by atoms with van der Waals surface area (Å²) in [5.41, 5.74) is 0.764. The molecule has 0 saturated heterocycles. The van der Waals surface area contributed by atoms with E-state index >= 15 is 0 Å². The van der Waals surface area contributed by atoms with Crippen LogP contribution in [0.2, 0.25) is 0 Å². The van der Waals surface area contributed by atoms with Gasteiger partial charge in [-0.1, -0.05) is 68.4 Å². The maximum absolute atomic E-state index is 14.1. The van der Waals surface area contributed by atoms with Crippen LogP contribution in [0.4, 0.5) is 5.95 Å². The fraction of sp³-hybridized carbons (Fsp3) is 0.409. The molecule has 0 spiro atoms. The summed E-state index contributed by atoms with van der Waals surface area (Å²) >= 11 is 0. The van der Waals surface area contributed by atoms with E-state index in [1.165, 1.54) is 10.9 Å². The molecule has 0 bridgehead atoms. The van der Waals surface area contributed by atoms with E-state index in [1.54, 1.807) is 28.1 Å². The molecule has 2 atom stereocenters. The van der Waals surface area contributed by atoms with Crippen molar-refractivity contribution in [3.8, 4) is 17.6 Å². The van der Waals surface area contributed by atoms with Crippen LogP contribution in [-0.4, -0.2) is 88.2 Å². The Hall–Kier alpha value is -5.69. The number of H-pyrrole nitrogens is 1. The molecule has 17 heteroatoms. The fourth-order valence-electron chi connectivity index (χ4n) is 6.72. The summed E-state index contributed by atoms with van der Waals surface area (Å²) in [7, 11) is 1.53. The monoisotopic (exact) mass is 854 g/mol. The molecule has 0 aliphatic heterocycles. The van der Waals surface area contributed by atoms with Crippen molar-refractivity contribution in [3.63, 3.8) is 0 Å². The minimum absolute atomic E-state index is 0.00723. The van der Waals surface area contributed by atoms with Crippen LogP contribution in [0.3, 0.4) is 0 Å². The largest absolute Gasteiger partial charge is 0.497 e. The van der Waals surface area contributed by atoms with Gasteiger partial charge in [-0.15, -0.1) is 0 Å². The van der Waals surface area contributed by atoms with Crippen molar-refractivity contribution in [2.24, 2.45) is 5.92 Å². The molecule has 3 N–H and O–H groups in total. The molecule has 0 fully saturated rings. The van der Waals surface area contributed by atoms with Gasteiger partial charge in [-0.05, 0) is 68.7 Å². The molecule has 0 aliphatic rings. The number of carbonyl (C=O) groups is 2. The van der Waals surface area contributed by atoms with Crippen molar-refractivity contribution < 1.29 is 32.8 Å². The van der Waals surface area contributed by atoms with E-state index in [0.29, 0.717) is 11.5 Å². The first-order valence-corrected chi connectivity index (χ1v) is 21.2. The highest BCUT2D eigenvalue weighted by Gasteiger charge is 2.39. The second-order valence-corrected chi connectivity index (χ2v) is 16.5. The van der Waals surface area contributed by atoms with Crippen LogP contribution in [0.15, 0.2) is 90.0 Å². The lowest BCUT2D eigenvalue weighted by molar-refractivity contribution is -0.123. The highest BCUT2D eigenvalue weighted by atomic mass is 31.2. The summed E-state index contributed by atoms with van der Waals surface area (Å²) < 4.78 is 34.6. The van der Waals surface area contributed by atoms with Crippen LogP contribution in [0.25, 0.3) is 11.2 Å². The molecule has 3 aromatic carbocycles. The Bertz CT molecular complexity index is 2240. The highest BCUT2D eigenvalue weighted by molar-refractivity contribution is 7.44. The minimum atomic E-state index is -1.69. The van der Waals surface area contributed by atoms with Gasteiger partial charge in [0.25, 0.3) is 14.1 Å². The topological polar surface area (TPSA) is 195 Å². The number of nitrogens with one attached hydrogen (secondary N) is 3. The van der Waals surface area contributed by atoms with E-state index in [1.807, 2.05) is 107 Å². The van der Waals surface area contributed by atoms with E-state index in [-0.39, 0.29) is 73.8 Å². The zero-order valence-electron chi connectivity index (χ0n) is 35.9. The van der Waals surface area contributed by atoms with E-state index in [2.05, 4.69) is 36.3 Å². The van der Waals surface area contributed by atoms with Crippen molar-refractivity contribution in [1.29, 1.82) is 5.26 Å². The Morgan fingerprint density at radius 1 is 0.869 bits per heavy atom. The smallest absolute Gasteiger partial charge is 0.280 e.